The molecule has 18 heavy (non-hydrogen) atoms. The molecule has 0 radical (unpaired) electrons. The van der Waals surface area contributed by atoms with Gasteiger partial charge in [0, 0.05) is 34.1 Å². The molecule has 0 aliphatic rings. The summed E-state index contributed by atoms with van der Waals surface area (Å²) < 4.78 is 0. The fraction of sp³-hybridized carbons (Fsp3) is 0.0625. The van der Waals surface area contributed by atoms with E-state index in [1.165, 1.54) is 38.1 Å². The highest BCUT2D eigenvalue weighted by Gasteiger charge is 2.08. The summed E-state index contributed by atoms with van der Waals surface area (Å²) in [6, 6.07) is 12.8. The Bertz CT molecular complexity index is 887. The van der Waals surface area contributed by atoms with E-state index in [0.29, 0.717) is 0 Å². The molecule has 2 aromatic heterocycles. The number of fused-ring (bicyclic) bond motifs is 5. The molecule has 0 amide bonds. The maximum absolute atomic E-state index is 4.25. The van der Waals surface area contributed by atoms with Crippen LogP contribution in [-0.2, 0) is 0 Å². The molecule has 0 unspecified atom stereocenters. The zero-order chi connectivity index (χ0) is 12.1. The number of nitrogens with zero attached hydrogens (tertiary/aromatic N) is 1. The van der Waals surface area contributed by atoms with Crippen LogP contribution in [0.4, 0.5) is 0 Å². The number of para-hydroxylation sites is 1. The fourth-order valence-corrected chi connectivity index (χ4v) is 2.76. The van der Waals surface area contributed by atoms with Crippen LogP contribution >= 0.6 is 0 Å². The van der Waals surface area contributed by atoms with Gasteiger partial charge in [-0.2, -0.15) is 0 Å². The van der Waals surface area contributed by atoms with Gasteiger partial charge in [-0.1, -0.05) is 18.2 Å². The van der Waals surface area contributed by atoms with Crippen LogP contribution in [0.1, 0.15) is 5.56 Å². The first-order valence-electron chi connectivity index (χ1n) is 6.08. The SMILES string of the molecule is Cc1cc2c3ccccc3[nH]c2c2cnccc12. The van der Waals surface area contributed by atoms with Crippen LogP contribution in [0.15, 0.2) is 48.8 Å². The molecular weight excluding hydrogens is 220 g/mol. The Kier molecular flexibility index (Phi) is 1.78. The summed E-state index contributed by atoms with van der Waals surface area (Å²) in [6.45, 7) is 2.16. The van der Waals surface area contributed by atoms with E-state index < -0.39 is 0 Å². The van der Waals surface area contributed by atoms with Crippen LogP contribution in [0.25, 0.3) is 32.6 Å². The summed E-state index contributed by atoms with van der Waals surface area (Å²) in [4.78, 5) is 7.76. The zero-order valence-electron chi connectivity index (χ0n) is 10.1. The van der Waals surface area contributed by atoms with Gasteiger partial charge in [-0.05, 0) is 36.1 Å². The van der Waals surface area contributed by atoms with E-state index >= 15 is 0 Å². The number of aryl methyl sites for hydroxylation is 1. The lowest BCUT2D eigenvalue weighted by atomic mass is 10.0. The quantitative estimate of drug-likeness (QED) is 0.484. The number of nitrogens with one attached hydrogen (secondary N) is 1. The highest BCUT2D eigenvalue weighted by Crippen LogP contribution is 2.32. The molecule has 2 heterocycles. The number of H-pyrrole nitrogens is 1. The first kappa shape index (κ1) is 9.66. The summed E-state index contributed by atoms with van der Waals surface area (Å²) in [5.41, 5.74) is 3.66. The molecule has 0 atom stereocenters. The predicted octanol–water partition coefficient (Wildman–Crippen LogP) is 4.18. The van der Waals surface area contributed by atoms with Crippen molar-refractivity contribution >= 4 is 32.6 Å². The molecule has 0 saturated carbocycles. The summed E-state index contributed by atoms with van der Waals surface area (Å²) in [6.07, 6.45) is 3.80. The molecule has 0 saturated heterocycles. The fourth-order valence-electron chi connectivity index (χ4n) is 2.76. The number of aromatic amines is 1. The maximum atomic E-state index is 4.25. The Morgan fingerprint density at radius 3 is 2.78 bits per heavy atom. The molecule has 2 nitrogen and oxygen atoms in total. The van der Waals surface area contributed by atoms with Crippen LogP contribution in [0.2, 0.25) is 0 Å². The summed E-state index contributed by atoms with van der Waals surface area (Å²) in [5, 5.41) is 5.03. The lowest BCUT2D eigenvalue weighted by Gasteiger charge is -2.03. The molecule has 86 valence electrons. The largest absolute Gasteiger partial charge is 0.354 e. The van der Waals surface area contributed by atoms with Crippen LogP contribution in [-0.4, -0.2) is 9.97 Å². The van der Waals surface area contributed by atoms with Gasteiger partial charge >= 0.3 is 0 Å². The number of aromatic nitrogens is 2. The molecule has 0 spiro atoms. The molecule has 4 aromatic rings. The minimum absolute atomic E-state index is 1.18. The third-order valence-corrected chi connectivity index (χ3v) is 3.62. The second kappa shape index (κ2) is 3.33. The van der Waals surface area contributed by atoms with Gasteiger partial charge in [-0.15, -0.1) is 0 Å². The van der Waals surface area contributed by atoms with Crippen LogP contribution in [0.3, 0.4) is 0 Å². The standard InChI is InChI=1S/C16H12N2/c1-10-8-13-12-4-2-3-5-15(12)18-16(13)14-9-17-7-6-11(10)14/h2-9,18H,1H3. The Labute approximate surface area is 104 Å². The lowest BCUT2D eigenvalue weighted by molar-refractivity contribution is 1.36. The smallest absolute Gasteiger partial charge is 0.0560 e. The van der Waals surface area contributed by atoms with Gasteiger partial charge in [0.15, 0.2) is 0 Å². The summed E-state index contributed by atoms with van der Waals surface area (Å²) in [5.74, 6) is 0. The highest BCUT2D eigenvalue weighted by atomic mass is 14.7. The number of hydrogen-bond donors (Lipinski definition) is 1. The van der Waals surface area contributed by atoms with Crippen molar-refractivity contribution in [1.29, 1.82) is 0 Å². The minimum Gasteiger partial charge on any atom is -0.354 e. The maximum Gasteiger partial charge on any atom is 0.0560 e. The van der Waals surface area contributed by atoms with Crippen molar-refractivity contribution < 1.29 is 0 Å². The van der Waals surface area contributed by atoms with Crippen molar-refractivity contribution in [1.82, 2.24) is 9.97 Å². The van der Waals surface area contributed by atoms with Crippen LogP contribution in [0.5, 0.6) is 0 Å². The van der Waals surface area contributed by atoms with E-state index in [9.17, 15) is 0 Å². The van der Waals surface area contributed by atoms with E-state index in [4.69, 9.17) is 0 Å². The second-order valence-electron chi connectivity index (χ2n) is 4.71. The molecule has 0 bridgehead atoms. The average Bonchev–Trinajstić information content (AvgIpc) is 2.78. The average molecular weight is 232 g/mol. The number of hydrogen-bond acceptors (Lipinski definition) is 1. The van der Waals surface area contributed by atoms with Crippen molar-refractivity contribution in [2.45, 2.75) is 6.92 Å². The first-order valence-corrected chi connectivity index (χ1v) is 6.08. The van der Waals surface area contributed by atoms with Gasteiger partial charge in [0.1, 0.15) is 0 Å². The molecule has 2 aromatic carbocycles. The van der Waals surface area contributed by atoms with E-state index in [1.807, 2.05) is 12.4 Å². The normalized spacial score (nSPS) is 11.6. The van der Waals surface area contributed by atoms with Gasteiger partial charge in [0.25, 0.3) is 0 Å². The van der Waals surface area contributed by atoms with Crippen molar-refractivity contribution in [3.05, 3.63) is 54.4 Å². The van der Waals surface area contributed by atoms with Gasteiger partial charge in [0.2, 0.25) is 0 Å². The Morgan fingerprint density at radius 1 is 0.944 bits per heavy atom. The van der Waals surface area contributed by atoms with Gasteiger partial charge in [-0.3, -0.25) is 4.98 Å². The molecule has 4 rings (SSSR count). The van der Waals surface area contributed by atoms with E-state index in [2.05, 4.69) is 53.3 Å². The third kappa shape index (κ3) is 1.15. The van der Waals surface area contributed by atoms with Gasteiger partial charge in [0.05, 0.1) is 5.52 Å². The molecular formula is C16H12N2. The molecule has 0 fully saturated rings. The molecule has 0 aliphatic heterocycles. The van der Waals surface area contributed by atoms with Gasteiger partial charge in [-0.25, -0.2) is 0 Å². The Morgan fingerprint density at radius 2 is 1.83 bits per heavy atom. The third-order valence-electron chi connectivity index (χ3n) is 3.62. The topological polar surface area (TPSA) is 28.7 Å². The van der Waals surface area contributed by atoms with Crippen molar-refractivity contribution in [2.24, 2.45) is 0 Å². The minimum atomic E-state index is 1.18. The van der Waals surface area contributed by atoms with Crippen molar-refractivity contribution in [3.8, 4) is 0 Å². The summed E-state index contributed by atoms with van der Waals surface area (Å²) >= 11 is 0. The van der Waals surface area contributed by atoms with E-state index in [-0.39, 0.29) is 0 Å². The number of pyridine rings is 1. The lowest BCUT2D eigenvalue weighted by Crippen LogP contribution is -1.82. The summed E-state index contributed by atoms with van der Waals surface area (Å²) in [7, 11) is 0. The second-order valence-corrected chi connectivity index (χ2v) is 4.71. The molecule has 2 heteroatoms. The molecule has 1 N–H and O–H groups in total. The predicted molar refractivity (Wildman–Crippen MR) is 75.8 cm³/mol. The monoisotopic (exact) mass is 232 g/mol. The first-order chi connectivity index (χ1) is 8.84. The van der Waals surface area contributed by atoms with Gasteiger partial charge < -0.3 is 4.98 Å². The Balaban J connectivity index is 2.36. The van der Waals surface area contributed by atoms with Crippen LogP contribution in [0, 0.1) is 6.92 Å². The molecule has 0 aliphatic carbocycles. The number of rotatable bonds is 0. The van der Waals surface area contributed by atoms with E-state index in [0.717, 1.165) is 0 Å². The van der Waals surface area contributed by atoms with Crippen molar-refractivity contribution in [2.75, 3.05) is 0 Å². The zero-order valence-corrected chi connectivity index (χ0v) is 10.1. The Hall–Kier alpha value is -2.35. The van der Waals surface area contributed by atoms with Crippen molar-refractivity contribution in [3.63, 3.8) is 0 Å². The van der Waals surface area contributed by atoms with Crippen LogP contribution < -0.4 is 0 Å². The highest BCUT2D eigenvalue weighted by molar-refractivity contribution is 6.17. The van der Waals surface area contributed by atoms with E-state index in [1.54, 1.807) is 0 Å². The number of benzene rings is 2.